The van der Waals surface area contributed by atoms with E-state index in [-0.39, 0.29) is 41.6 Å². The van der Waals surface area contributed by atoms with Crippen molar-refractivity contribution in [2.75, 3.05) is 38.2 Å². The third kappa shape index (κ3) is 3.98. The Hall–Kier alpha value is -1.55. The van der Waals surface area contributed by atoms with Crippen LogP contribution in [-0.2, 0) is 20.7 Å². The molecule has 188 valence electrons. The summed E-state index contributed by atoms with van der Waals surface area (Å²) in [5.74, 6) is 0.107. The van der Waals surface area contributed by atoms with E-state index in [9.17, 15) is 19.8 Å². The number of anilines is 1. The van der Waals surface area contributed by atoms with E-state index in [1.165, 1.54) is 11.3 Å². The van der Waals surface area contributed by atoms with E-state index in [0.717, 1.165) is 36.3 Å². The van der Waals surface area contributed by atoms with Crippen molar-refractivity contribution in [2.45, 2.75) is 70.8 Å². The van der Waals surface area contributed by atoms with Crippen LogP contribution in [0.25, 0.3) is 0 Å². The van der Waals surface area contributed by atoms with Crippen LogP contribution in [0, 0.1) is 22.7 Å². The number of nitrogens with one attached hydrogen (secondary N) is 1. The van der Waals surface area contributed by atoms with Crippen molar-refractivity contribution in [3.8, 4) is 0 Å². The van der Waals surface area contributed by atoms with Gasteiger partial charge in [0.05, 0.1) is 31.6 Å². The fraction of sp³-hybridized carbons (Fsp3) is 0.800. The van der Waals surface area contributed by atoms with Gasteiger partial charge in [0, 0.05) is 41.6 Å². The van der Waals surface area contributed by atoms with Gasteiger partial charge >= 0.3 is 0 Å². The van der Waals surface area contributed by atoms with Gasteiger partial charge in [0.25, 0.3) is 0 Å². The molecular formula is C25H37N3O5S. The summed E-state index contributed by atoms with van der Waals surface area (Å²) in [5.41, 5.74) is -0.00911. The fourth-order valence-corrected chi connectivity index (χ4v) is 7.77. The number of morpholine rings is 1. The summed E-state index contributed by atoms with van der Waals surface area (Å²) in [6.07, 6.45) is 4.78. The second-order valence-electron chi connectivity index (χ2n) is 11.2. The monoisotopic (exact) mass is 491 g/mol. The molecule has 5 atom stereocenters. The van der Waals surface area contributed by atoms with Gasteiger partial charge in [-0.3, -0.25) is 9.59 Å². The minimum Gasteiger partial charge on any atom is -0.396 e. The van der Waals surface area contributed by atoms with Crippen molar-refractivity contribution in [1.82, 2.24) is 9.88 Å². The zero-order valence-corrected chi connectivity index (χ0v) is 21.0. The van der Waals surface area contributed by atoms with Crippen LogP contribution >= 0.6 is 11.3 Å². The topological polar surface area (TPSA) is 112 Å². The summed E-state index contributed by atoms with van der Waals surface area (Å²) >= 11 is 1.50. The molecule has 2 amide bonds. The number of carbonyl (C=O) groups is 2. The number of ether oxygens (including phenoxy) is 1. The van der Waals surface area contributed by atoms with Gasteiger partial charge < -0.3 is 25.2 Å². The Morgan fingerprint density at radius 2 is 1.97 bits per heavy atom. The molecule has 0 unspecified atom stereocenters. The SMILES string of the molecule is C[C@]1(CO)[C@H]2Cc3sc(NC(=O)C4CCC4)nc3[C@@H](CC(=O)N3CCOCC3)[C@]2(C)CC[C@H]1O. The Balaban J connectivity index is 1.49. The quantitative estimate of drug-likeness (QED) is 0.584. The number of carbonyl (C=O) groups excluding carboxylic acids is 2. The van der Waals surface area contributed by atoms with Gasteiger partial charge in [0.15, 0.2) is 5.13 Å². The molecule has 3 N–H and O–H groups in total. The van der Waals surface area contributed by atoms with Crippen LogP contribution in [0.4, 0.5) is 5.13 Å². The maximum Gasteiger partial charge on any atom is 0.229 e. The van der Waals surface area contributed by atoms with Crippen LogP contribution in [0.2, 0.25) is 0 Å². The maximum absolute atomic E-state index is 13.4. The second kappa shape index (κ2) is 9.15. The lowest BCUT2D eigenvalue weighted by molar-refractivity contribution is -0.149. The molecule has 1 aromatic rings. The maximum atomic E-state index is 13.4. The summed E-state index contributed by atoms with van der Waals surface area (Å²) in [7, 11) is 0. The van der Waals surface area contributed by atoms with Crippen LogP contribution in [-0.4, -0.2) is 70.9 Å². The molecule has 9 heteroatoms. The van der Waals surface area contributed by atoms with E-state index >= 15 is 0 Å². The number of aliphatic hydroxyl groups is 2. The van der Waals surface area contributed by atoms with E-state index in [4.69, 9.17) is 9.72 Å². The average molecular weight is 492 g/mol. The summed E-state index contributed by atoms with van der Waals surface area (Å²) < 4.78 is 5.43. The fourth-order valence-electron chi connectivity index (χ4n) is 6.69. The molecule has 0 spiro atoms. The molecule has 2 saturated carbocycles. The van der Waals surface area contributed by atoms with E-state index in [1.807, 2.05) is 11.8 Å². The zero-order valence-electron chi connectivity index (χ0n) is 20.2. The van der Waals surface area contributed by atoms with E-state index in [2.05, 4.69) is 12.2 Å². The van der Waals surface area contributed by atoms with Gasteiger partial charge in [-0.25, -0.2) is 4.98 Å². The molecule has 5 rings (SSSR count). The number of aliphatic hydroxyl groups excluding tert-OH is 2. The Bertz CT molecular complexity index is 943. The van der Waals surface area contributed by atoms with Crippen molar-refractivity contribution < 1.29 is 24.5 Å². The summed E-state index contributed by atoms with van der Waals surface area (Å²) in [5, 5.41) is 24.9. The highest BCUT2D eigenvalue weighted by Gasteiger charge is 2.59. The molecule has 3 fully saturated rings. The Kier molecular flexibility index (Phi) is 6.50. The third-order valence-electron chi connectivity index (χ3n) is 9.34. The Morgan fingerprint density at radius 3 is 2.62 bits per heavy atom. The standard InChI is InChI=1S/C25H37N3O5S/c1-24-7-6-19(30)25(2,14-29)18(24)13-17-21(16(24)12-20(31)28-8-10-33-11-9-28)26-23(34-17)27-22(32)15-4-3-5-15/h15-16,18-19,29-30H,3-14H2,1-2H3,(H,26,27,32)/t16-,18+,19-,24+,25+/m1/s1. The number of rotatable bonds is 5. The molecule has 3 aliphatic carbocycles. The van der Waals surface area contributed by atoms with E-state index in [0.29, 0.717) is 50.7 Å². The van der Waals surface area contributed by atoms with Gasteiger partial charge in [-0.1, -0.05) is 20.3 Å². The number of fused-ring (bicyclic) bond motifs is 2. The summed E-state index contributed by atoms with van der Waals surface area (Å²) in [6.45, 7) is 6.42. The molecule has 1 aromatic heterocycles. The van der Waals surface area contributed by atoms with Gasteiger partial charge in [0.2, 0.25) is 11.8 Å². The molecule has 4 aliphatic rings. The largest absolute Gasteiger partial charge is 0.396 e. The zero-order chi connectivity index (χ0) is 24.1. The van der Waals surface area contributed by atoms with Gasteiger partial charge in [-0.2, -0.15) is 0 Å². The molecule has 0 bridgehead atoms. The van der Waals surface area contributed by atoms with Crippen LogP contribution in [0.3, 0.4) is 0 Å². The summed E-state index contributed by atoms with van der Waals surface area (Å²) in [4.78, 5) is 33.8. The lowest BCUT2D eigenvalue weighted by atomic mass is 9.47. The first-order chi connectivity index (χ1) is 16.3. The van der Waals surface area contributed by atoms with Crippen LogP contribution in [0.5, 0.6) is 0 Å². The number of amides is 2. The van der Waals surface area contributed by atoms with Crippen molar-refractivity contribution in [2.24, 2.45) is 22.7 Å². The first kappa shape index (κ1) is 24.2. The lowest BCUT2D eigenvalue weighted by Gasteiger charge is -2.58. The van der Waals surface area contributed by atoms with E-state index < -0.39 is 11.5 Å². The lowest BCUT2D eigenvalue weighted by Crippen LogP contribution is -2.58. The second-order valence-corrected chi connectivity index (χ2v) is 12.3. The Morgan fingerprint density at radius 1 is 1.24 bits per heavy atom. The van der Waals surface area contributed by atoms with Crippen LogP contribution < -0.4 is 5.32 Å². The molecule has 0 radical (unpaired) electrons. The van der Waals surface area contributed by atoms with Gasteiger partial charge in [-0.05, 0) is 43.4 Å². The predicted molar refractivity (Wildman–Crippen MR) is 129 cm³/mol. The normalized spacial score (nSPS) is 35.8. The number of thiazole rings is 1. The van der Waals surface area contributed by atoms with Crippen molar-refractivity contribution in [3.05, 3.63) is 10.6 Å². The molecule has 34 heavy (non-hydrogen) atoms. The van der Waals surface area contributed by atoms with Gasteiger partial charge in [-0.15, -0.1) is 11.3 Å². The van der Waals surface area contributed by atoms with Crippen molar-refractivity contribution >= 4 is 28.3 Å². The number of nitrogens with zero attached hydrogens (tertiary/aromatic N) is 2. The smallest absolute Gasteiger partial charge is 0.229 e. The highest BCUT2D eigenvalue weighted by molar-refractivity contribution is 7.15. The molecular weight excluding hydrogens is 454 g/mol. The number of hydrogen-bond donors (Lipinski definition) is 3. The number of hydrogen-bond acceptors (Lipinski definition) is 7. The predicted octanol–water partition coefficient (Wildman–Crippen LogP) is 2.55. The Labute approximate surface area is 205 Å². The van der Waals surface area contributed by atoms with Crippen molar-refractivity contribution in [1.29, 1.82) is 0 Å². The highest BCUT2D eigenvalue weighted by Crippen LogP contribution is 2.63. The first-order valence-electron chi connectivity index (χ1n) is 12.7. The van der Waals surface area contributed by atoms with Crippen LogP contribution in [0.15, 0.2) is 0 Å². The molecule has 2 heterocycles. The minimum absolute atomic E-state index is 0.0133. The summed E-state index contributed by atoms with van der Waals surface area (Å²) in [6, 6.07) is 0. The van der Waals surface area contributed by atoms with Gasteiger partial charge in [0.1, 0.15) is 0 Å². The highest BCUT2D eigenvalue weighted by atomic mass is 32.1. The average Bonchev–Trinajstić information content (AvgIpc) is 3.19. The molecule has 1 aliphatic heterocycles. The van der Waals surface area contributed by atoms with Crippen LogP contribution in [0.1, 0.15) is 68.9 Å². The molecule has 0 aromatic carbocycles. The number of aromatic nitrogens is 1. The third-order valence-corrected chi connectivity index (χ3v) is 10.4. The molecule has 8 nitrogen and oxygen atoms in total. The van der Waals surface area contributed by atoms with E-state index in [1.54, 1.807) is 0 Å². The minimum atomic E-state index is -0.649. The molecule has 1 saturated heterocycles. The van der Waals surface area contributed by atoms with Crippen molar-refractivity contribution in [3.63, 3.8) is 0 Å². The first-order valence-corrected chi connectivity index (χ1v) is 13.5.